The first-order chi connectivity index (χ1) is 12.0. The van der Waals surface area contributed by atoms with Crippen LogP contribution >= 0.6 is 0 Å². The molecule has 0 heterocycles. The number of carbonyl (C=O) groups excluding carboxylic acids is 1. The quantitative estimate of drug-likeness (QED) is 0.746. The fraction of sp³-hybridized carbons (Fsp3) is 0.810. The number of hydrogen-bond donors (Lipinski definition) is 2. The highest BCUT2D eigenvalue weighted by molar-refractivity contribution is 5.85. The van der Waals surface area contributed by atoms with Gasteiger partial charge in [0.2, 0.25) is 5.91 Å². The highest BCUT2D eigenvalue weighted by Crippen LogP contribution is 2.61. The Morgan fingerprint density at radius 3 is 2.04 bits per heavy atom. The summed E-state index contributed by atoms with van der Waals surface area (Å²) in [5.41, 5.74) is 0.280. The van der Waals surface area contributed by atoms with Gasteiger partial charge in [0.05, 0.1) is 11.8 Å². The molecule has 4 heteroatoms. The average Bonchev–Trinajstić information content (AvgIpc) is 2.58. The van der Waals surface area contributed by atoms with E-state index in [-0.39, 0.29) is 17.4 Å². The van der Waals surface area contributed by atoms with Crippen molar-refractivity contribution in [3.8, 4) is 0 Å². The Morgan fingerprint density at radius 1 is 1.04 bits per heavy atom. The second kappa shape index (κ2) is 6.44. The Labute approximate surface area is 150 Å². The summed E-state index contributed by atoms with van der Waals surface area (Å²) in [5, 5.41) is 12.8. The average molecular weight is 345 g/mol. The molecule has 4 saturated carbocycles. The zero-order valence-corrected chi connectivity index (χ0v) is 15.2. The van der Waals surface area contributed by atoms with Crippen LogP contribution in [0.3, 0.4) is 0 Å². The molecule has 0 aromatic rings. The predicted molar refractivity (Wildman–Crippen MR) is 95.8 cm³/mol. The highest BCUT2D eigenvalue weighted by Gasteiger charge is 2.54. The van der Waals surface area contributed by atoms with Crippen LogP contribution in [0.5, 0.6) is 0 Å². The predicted octanol–water partition coefficient (Wildman–Crippen LogP) is 3.76. The molecule has 0 saturated heterocycles. The first-order valence-corrected chi connectivity index (χ1v) is 10.2. The molecule has 5 rings (SSSR count). The van der Waals surface area contributed by atoms with Crippen molar-refractivity contribution in [2.24, 2.45) is 35.0 Å². The number of allylic oxidation sites excluding steroid dienone is 2. The van der Waals surface area contributed by atoms with E-state index >= 15 is 0 Å². The topological polar surface area (TPSA) is 66.4 Å². The van der Waals surface area contributed by atoms with Crippen molar-refractivity contribution in [2.75, 3.05) is 0 Å². The van der Waals surface area contributed by atoms with Crippen LogP contribution in [0.1, 0.15) is 64.7 Å². The number of amides is 1. The van der Waals surface area contributed by atoms with Crippen LogP contribution in [0.15, 0.2) is 12.2 Å². The third-order valence-electron chi connectivity index (χ3n) is 7.64. The summed E-state index contributed by atoms with van der Waals surface area (Å²) >= 11 is 0. The van der Waals surface area contributed by atoms with E-state index in [0.29, 0.717) is 12.8 Å². The maximum absolute atomic E-state index is 13.0. The third kappa shape index (κ3) is 3.02. The van der Waals surface area contributed by atoms with E-state index in [1.165, 1.54) is 38.5 Å². The van der Waals surface area contributed by atoms with Crippen LogP contribution in [0, 0.1) is 35.0 Å². The van der Waals surface area contributed by atoms with E-state index in [1.54, 1.807) is 0 Å². The van der Waals surface area contributed by atoms with E-state index in [4.69, 9.17) is 0 Å². The smallest absolute Gasteiger partial charge is 0.307 e. The lowest BCUT2D eigenvalue weighted by Gasteiger charge is -2.59. The fourth-order valence-electron chi connectivity index (χ4n) is 6.95. The van der Waals surface area contributed by atoms with Crippen LogP contribution in [0.2, 0.25) is 0 Å². The number of nitrogens with one attached hydrogen (secondary N) is 1. The molecule has 1 amide bonds. The number of aliphatic carboxylic acids is 1. The van der Waals surface area contributed by atoms with Crippen molar-refractivity contribution in [1.82, 2.24) is 5.32 Å². The Balaban J connectivity index is 1.49. The van der Waals surface area contributed by atoms with E-state index in [1.807, 2.05) is 12.2 Å². The van der Waals surface area contributed by atoms with Crippen molar-refractivity contribution in [3.63, 3.8) is 0 Å². The fourth-order valence-corrected chi connectivity index (χ4v) is 6.95. The molecular weight excluding hydrogens is 314 g/mol. The molecule has 3 atom stereocenters. The van der Waals surface area contributed by atoms with Gasteiger partial charge in [-0.3, -0.25) is 9.59 Å². The van der Waals surface area contributed by atoms with Gasteiger partial charge in [0.25, 0.3) is 0 Å². The van der Waals surface area contributed by atoms with Crippen molar-refractivity contribution < 1.29 is 14.7 Å². The summed E-state index contributed by atoms with van der Waals surface area (Å²) in [6, 6.07) is 0.216. The molecule has 25 heavy (non-hydrogen) atoms. The summed E-state index contributed by atoms with van der Waals surface area (Å²) in [7, 11) is 0. The van der Waals surface area contributed by atoms with Crippen LogP contribution in [-0.4, -0.2) is 23.0 Å². The van der Waals surface area contributed by atoms with Gasteiger partial charge in [-0.2, -0.15) is 0 Å². The maximum Gasteiger partial charge on any atom is 0.307 e. The summed E-state index contributed by atoms with van der Waals surface area (Å²) in [4.78, 5) is 24.5. The van der Waals surface area contributed by atoms with E-state index in [9.17, 15) is 14.7 Å². The van der Waals surface area contributed by atoms with Gasteiger partial charge >= 0.3 is 5.97 Å². The van der Waals surface area contributed by atoms with Gasteiger partial charge < -0.3 is 10.4 Å². The summed E-state index contributed by atoms with van der Waals surface area (Å²) in [6.45, 7) is 2.18. The second-order valence-electron chi connectivity index (χ2n) is 9.24. The maximum atomic E-state index is 13.0. The molecule has 5 aliphatic rings. The molecule has 4 nitrogen and oxygen atoms in total. The van der Waals surface area contributed by atoms with Crippen LogP contribution in [-0.2, 0) is 9.59 Å². The van der Waals surface area contributed by atoms with Gasteiger partial charge in [0.15, 0.2) is 0 Å². The number of carboxylic acids is 1. The minimum Gasteiger partial charge on any atom is -0.481 e. The van der Waals surface area contributed by atoms with E-state index in [2.05, 4.69) is 12.2 Å². The monoisotopic (exact) mass is 345 g/mol. The minimum absolute atomic E-state index is 0.0284. The molecule has 4 bridgehead atoms. The summed E-state index contributed by atoms with van der Waals surface area (Å²) < 4.78 is 0. The lowest BCUT2D eigenvalue weighted by Crippen LogP contribution is -2.57. The number of rotatable bonds is 5. The number of carbonyl (C=O) groups is 2. The summed E-state index contributed by atoms with van der Waals surface area (Å²) in [6.07, 6.45) is 13.9. The molecule has 2 N–H and O–H groups in total. The normalized spacial score (nSPS) is 43.0. The Morgan fingerprint density at radius 2 is 1.56 bits per heavy atom. The molecule has 0 radical (unpaired) electrons. The van der Waals surface area contributed by atoms with Gasteiger partial charge in [0, 0.05) is 6.04 Å². The number of hydrogen-bond acceptors (Lipinski definition) is 2. The van der Waals surface area contributed by atoms with Crippen LogP contribution in [0.4, 0.5) is 0 Å². The van der Waals surface area contributed by atoms with Crippen LogP contribution in [0.25, 0.3) is 0 Å². The first-order valence-electron chi connectivity index (χ1n) is 10.2. The molecule has 0 aromatic carbocycles. The van der Waals surface area contributed by atoms with E-state index < -0.39 is 17.8 Å². The molecule has 138 valence electrons. The Kier molecular flexibility index (Phi) is 4.41. The standard InChI is InChI=1S/C21H31NO3/c1-2-18(21-10-13-7-14(11-21)9-15(8-13)12-21)22-19(23)16-5-3-4-6-17(16)20(24)25/h3-4,13-18H,2,5-12H2,1H3,(H,22,23)(H,24,25)/t13?,14?,15?,16-,17-,18+,21?/m0/s1. The van der Waals surface area contributed by atoms with Crippen molar-refractivity contribution >= 4 is 11.9 Å². The van der Waals surface area contributed by atoms with Crippen molar-refractivity contribution in [1.29, 1.82) is 0 Å². The molecule has 5 aliphatic carbocycles. The SMILES string of the molecule is CC[C@@H](NC(=O)[C@H]1CC=CC[C@@H]1C(=O)O)C12CC3CC(CC(C3)C1)C2. The summed E-state index contributed by atoms with van der Waals surface area (Å²) in [5.74, 6) is 0.737. The zero-order valence-electron chi connectivity index (χ0n) is 15.2. The van der Waals surface area contributed by atoms with E-state index in [0.717, 1.165) is 24.2 Å². The largest absolute Gasteiger partial charge is 0.481 e. The Hall–Kier alpha value is -1.32. The molecule has 0 spiro atoms. The minimum atomic E-state index is -0.840. The van der Waals surface area contributed by atoms with Crippen molar-refractivity contribution in [2.45, 2.75) is 70.8 Å². The zero-order chi connectivity index (χ0) is 17.6. The first kappa shape index (κ1) is 17.1. The second-order valence-corrected chi connectivity index (χ2v) is 9.24. The van der Waals surface area contributed by atoms with Gasteiger partial charge in [-0.05, 0) is 81.0 Å². The van der Waals surface area contributed by atoms with Gasteiger partial charge in [-0.15, -0.1) is 0 Å². The molecule has 4 fully saturated rings. The van der Waals surface area contributed by atoms with Crippen LogP contribution < -0.4 is 5.32 Å². The van der Waals surface area contributed by atoms with Crippen molar-refractivity contribution in [3.05, 3.63) is 12.2 Å². The molecule has 0 aliphatic heterocycles. The van der Waals surface area contributed by atoms with Gasteiger partial charge in [0.1, 0.15) is 0 Å². The third-order valence-corrected chi connectivity index (χ3v) is 7.64. The highest BCUT2D eigenvalue weighted by atomic mass is 16.4. The molecule has 0 unspecified atom stereocenters. The van der Waals surface area contributed by atoms with Gasteiger partial charge in [-0.1, -0.05) is 19.1 Å². The lowest BCUT2D eigenvalue weighted by atomic mass is 9.47. The molecule has 0 aromatic heterocycles. The van der Waals surface area contributed by atoms with Gasteiger partial charge in [-0.25, -0.2) is 0 Å². The number of carboxylic acid groups (broad SMARTS) is 1. The lowest BCUT2D eigenvalue weighted by molar-refractivity contribution is -0.148. The Bertz CT molecular complexity index is 546. The molecular formula is C21H31NO3.